The van der Waals surface area contributed by atoms with E-state index in [9.17, 15) is 9.90 Å². The van der Waals surface area contributed by atoms with Crippen molar-refractivity contribution in [3.05, 3.63) is 16.8 Å². The minimum atomic E-state index is -0.930. The molecule has 0 unspecified atom stereocenters. The Morgan fingerprint density at radius 2 is 1.95 bits per heavy atom. The fourth-order valence-electron chi connectivity index (χ4n) is 2.87. The predicted molar refractivity (Wildman–Crippen MR) is 81.9 cm³/mol. The van der Waals surface area contributed by atoms with Crippen LogP contribution in [0.3, 0.4) is 0 Å². The molecule has 0 aromatic carbocycles. The Balaban J connectivity index is 2.12. The average Bonchev–Trinajstić information content (AvgIpc) is 2.99. The van der Waals surface area contributed by atoms with Crippen molar-refractivity contribution in [3.63, 3.8) is 0 Å². The number of rotatable bonds is 7. The van der Waals surface area contributed by atoms with Gasteiger partial charge >= 0.3 is 5.97 Å². The molecule has 0 spiro atoms. The van der Waals surface area contributed by atoms with E-state index >= 15 is 0 Å². The zero-order valence-electron chi connectivity index (χ0n) is 12.9. The summed E-state index contributed by atoms with van der Waals surface area (Å²) in [6, 6.07) is 0. The zero-order valence-corrected chi connectivity index (χ0v) is 12.9. The molecule has 1 aliphatic rings. The van der Waals surface area contributed by atoms with Crippen LogP contribution in [0.15, 0.2) is 0 Å². The van der Waals surface area contributed by atoms with Crippen molar-refractivity contribution < 1.29 is 9.90 Å². The second kappa shape index (κ2) is 7.36. The van der Waals surface area contributed by atoms with Crippen LogP contribution in [-0.4, -0.2) is 52.4 Å². The first-order chi connectivity index (χ1) is 10.2. The van der Waals surface area contributed by atoms with Crippen molar-refractivity contribution in [1.29, 1.82) is 0 Å². The summed E-state index contributed by atoms with van der Waals surface area (Å²) in [4.78, 5) is 13.9. The molecule has 6 nitrogen and oxygen atoms in total. The van der Waals surface area contributed by atoms with Crippen LogP contribution in [-0.2, 0) is 12.8 Å². The van der Waals surface area contributed by atoms with Gasteiger partial charge in [-0.1, -0.05) is 13.8 Å². The highest BCUT2D eigenvalue weighted by Crippen LogP contribution is 2.21. The molecular weight excluding hydrogens is 268 g/mol. The van der Waals surface area contributed by atoms with Gasteiger partial charge in [-0.2, -0.15) is 5.10 Å². The van der Waals surface area contributed by atoms with E-state index in [0.717, 1.165) is 30.9 Å². The number of aryl methyl sites for hydroxylation is 1. The number of hydrogen-bond donors (Lipinski definition) is 2. The lowest BCUT2D eigenvalue weighted by atomic mass is 10.0. The van der Waals surface area contributed by atoms with Crippen LogP contribution < -0.4 is 5.32 Å². The Labute approximate surface area is 125 Å². The standard InChI is InChI=1S/C15H24N4O2/c1-3-11-12(4-2)17-18-14(13(11)15(20)21)16-7-10-19-8-5-6-9-19/h3-10H2,1-2H3,(H,16,18)(H,20,21). The lowest BCUT2D eigenvalue weighted by Gasteiger charge is -2.17. The third-order valence-corrected chi connectivity index (χ3v) is 3.98. The van der Waals surface area contributed by atoms with E-state index in [0.29, 0.717) is 25.2 Å². The van der Waals surface area contributed by atoms with Crippen molar-refractivity contribution in [2.45, 2.75) is 39.5 Å². The molecule has 21 heavy (non-hydrogen) atoms. The number of carbonyl (C=O) groups is 1. The average molecular weight is 292 g/mol. The van der Waals surface area contributed by atoms with Crippen molar-refractivity contribution >= 4 is 11.8 Å². The highest BCUT2D eigenvalue weighted by molar-refractivity contribution is 5.95. The fraction of sp³-hybridized carbons (Fsp3) is 0.667. The summed E-state index contributed by atoms with van der Waals surface area (Å²) < 4.78 is 0. The zero-order chi connectivity index (χ0) is 15.2. The minimum absolute atomic E-state index is 0.283. The molecule has 1 fully saturated rings. The largest absolute Gasteiger partial charge is 0.478 e. The fourth-order valence-corrected chi connectivity index (χ4v) is 2.87. The predicted octanol–water partition coefficient (Wildman–Crippen LogP) is 1.81. The molecule has 0 radical (unpaired) electrons. The summed E-state index contributed by atoms with van der Waals surface area (Å²) in [7, 11) is 0. The van der Waals surface area contributed by atoms with Gasteiger partial charge in [-0.15, -0.1) is 5.10 Å². The summed E-state index contributed by atoms with van der Waals surface area (Å²) >= 11 is 0. The molecule has 0 amide bonds. The second-order valence-corrected chi connectivity index (χ2v) is 5.34. The van der Waals surface area contributed by atoms with Crippen molar-refractivity contribution in [1.82, 2.24) is 15.1 Å². The molecule has 1 aromatic rings. The summed E-state index contributed by atoms with van der Waals surface area (Å²) in [6.45, 7) is 7.80. The SMILES string of the molecule is CCc1nnc(NCCN2CCCC2)c(C(=O)O)c1CC. The van der Waals surface area contributed by atoms with E-state index < -0.39 is 5.97 Å². The number of anilines is 1. The van der Waals surface area contributed by atoms with Gasteiger partial charge in [-0.25, -0.2) is 4.79 Å². The smallest absolute Gasteiger partial charge is 0.339 e. The van der Waals surface area contributed by atoms with E-state index in [4.69, 9.17) is 0 Å². The molecule has 116 valence electrons. The molecule has 2 rings (SSSR count). The van der Waals surface area contributed by atoms with Gasteiger partial charge in [0.05, 0.1) is 5.69 Å². The lowest BCUT2D eigenvalue weighted by molar-refractivity contribution is 0.0696. The molecule has 0 saturated carbocycles. The molecule has 0 aliphatic carbocycles. The number of aromatic nitrogens is 2. The monoisotopic (exact) mass is 292 g/mol. The highest BCUT2D eigenvalue weighted by Gasteiger charge is 2.20. The maximum atomic E-state index is 11.6. The maximum Gasteiger partial charge on any atom is 0.339 e. The van der Waals surface area contributed by atoms with Gasteiger partial charge in [0.15, 0.2) is 5.82 Å². The van der Waals surface area contributed by atoms with Gasteiger partial charge in [-0.05, 0) is 44.3 Å². The van der Waals surface area contributed by atoms with Gasteiger partial charge in [0.1, 0.15) is 5.56 Å². The molecule has 2 heterocycles. The highest BCUT2D eigenvalue weighted by atomic mass is 16.4. The topological polar surface area (TPSA) is 78.4 Å². The molecule has 2 N–H and O–H groups in total. The lowest BCUT2D eigenvalue weighted by Crippen LogP contribution is -2.27. The van der Waals surface area contributed by atoms with E-state index in [-0.39, 0.29) is 5.56 Å². The Morgan fingerprint density at radius 3 is 2.52 bits per heavy atom. The molecular formula is C15H24N4O2. The molecule has 1 aliphatic heterocycles. The summed E-state index contributed by atoms with van der Waals surface area (Å²) in [5.74, 6) is -0.532. The number of hydrogen-bond acceptors (Lipinski definition) is 5. The summed E-state index contributed by atoms with van der Waals surface area (Å²) in [5, 5.41) is 20.9. The molecule has 0 atom stereocenters. The first kappa shape index (κ1) is 15.7. The third kappa shape index (κ3) is 3.69. The van der Waals surface area contributed by atoms with Gasteiger partial charge in [0.2, 0.25) is 0 Å². The summed E-state index contributed by atoms with van der Waals surface area (Å²) in [5.41, 5.74) is 1.86. The van der Waals surface area contributed by atoms with Gasteiger partial charge in [-0.3, -0.25) is 0 Å². The van der Waals surface area contributed by atoms with Crippen LogP contribution in [0.5, 0.6) is 0 Å². The number of nitrogens with zero attached hydrogens (tertiary/aromatic N) is 3. The maximum absolute atomic E-state index is 11.6. The van der Waals surface area contributed by atoms with E-state index in [2.05, 4.69) is 20.4 Å². The Morgan fingerprint density at radius 1 is 1.24 bits per heavy atom. The second-order valence-electron chi connectivity index (χ2n) is 5.34. The number of carboxylic acid groups (broad SMARTS) is 1. The molecule has 1 saturated heterocycles. The van der Waals surface area contributed by atoms with Crippen LogP contribution in [0.2, 0.25) is 0 Å². The van der Waals surface area contributed by atoms with Crippen molar-refractivity contribution in [2.24, 2.45) is 0 Å². The quantitative estimate of drug-likeness (QED) is 0.798. The van der Waals surface area contributed by atoms with Crippen molar-refractivity contribution in [3.8, 4) is 0 Å². The normalized spacial score (nSPS) is 15.3. The third-order valence-electron chi connectivity index (χ3n) is 3.98. The van der Waals surface area contributed by atoms with Crippen LogP contribution >= 0.6 is 0 Å². The van der Waals surface area contributed by atoms with Crippen LogP contribution in [0.4, 0.5) is 5.82 Å². The molecule has 0 bridgehead atoms. The van der Waals surface area contributed by atoms with Gasteiger partial charge in [0.25, 0.3) is 0 Å². The van der Waals surface area contributed by atoms with E-state index in [1.165, 1.54) is 12.8 Å². The van der Waals surface area contributed by atoms with Crippen LogP contribution in [0.25, 0.3) is 0 Å². The van der Waals surface area contributed by atoms with Gasteiger partial charge in [0, 0.05) is 13.1 Å². The Hall–Kier alpha value is -1.69. The first-order valence-electron chi connectivity index (χ1n) is 7.75. The molecule has 1 aromatic heterocycles. The van der Waals surface area contributed by atoms with E-state index in [1.54, 1.807) is 0 Å². The first-order valence-corrected chi connectivity index (χ1v) is 7.75. The minimum Gasteiger partial charge on any atom is -0.478 e. The Kier molecular flexibility index (Phi) is 5.50. The number of nitrogens with one attached hydrogen (secondary N) is 1. The van der Waals surface area contributed by atoms with Crippen LogP contribution in [0.1, 0.15) is 48.3 Å². The number of likely N-dealkylation sites (tertiary alicyclic amines) is 1. The van der Waals surface area contributed by atoms with Crippen molar-refractivity contribution in [2.75, 3.05) is 31.5 Å². The van der Waals surface area contributed by atoms with E-state index in [1.807, 2.05) is 13.8 Å². The number of carboxylic acids is 1. The Bertz CT molecular complexity index is 499. The summed E-state index contributed by atoms with van der Waals surface area (Å²) in [6.07, 6.45) is 3.86. The number of aromatic carboxylic acids is 1. The van der Waals surface area contributed by atoms with Crippen LogP contribution in [0, 0.1) is 0 Å². The molecule has 6 heteroatoms. The van der Waals surface area contributed by atoms with Gasteiger partial charge < -0.3 is 15.3 Å².